The van der Waals surface area contributed by atoms with E-state index in [0.717, 1.165) is 5.56 Å². The molecule has 23 heavy (non-hydrogen) atoms. The van der Waals surface area contributed by atoms with Gasteiger partial charge in [0, 0.05) is 22.2 Å². The molecular formula is C16H14ClN2O4-. The Labute approximate surface area is 138 Å². The molecule has 2 aromatic carbocycles. The highest BCUT2D eigenvalue weighted by Gasteiger charge is 2.04. The highest BCUT2D eigenvalue weighted by atomic mass is 35.5. The molecule has 0 amide bonds. The van der Waals surface area contributed by atoms with Crippen molar-refractivity contribution in [2.24, 2.45) is 5.10 Å². The number of hydrogen-bond donors (Lipinski definition) is 1. The third-order valence-electron chi connectivity index (χ3n) is 3.02. The Kier molecular flexibility index (Phi) is 5.43. The van der Waals surface area contributed by atoms with Gasteiger partial charge in [-0.15, -0.1) is 0 Å². The van der Waals surface area contributed by atoms with Gasteiger partial charge in [-0.05, 0) is 30.3 Å². The van der Waals surface area contributed by atoms with Gasteiger partial charge in [0.1, 0.15) is 11.5 Å². The number of methoxy groups -OCH3 is 2. The molecular weight excluding hydrogens is 320 g/mol. The SMILES string of the molecule is COc1ccc(/C=N\Nc2ccc(Cl)c(C(=O)[O-])c2)c(OC)c1. The van der Waals surface area contributed by atoms with Crippen molar-refractivity contribution in [1.82, 2.24) is 0 Å². The summed E-state index contributed by atoms with van der Waals surface area (Å²) >= 11 is 5.77. The van der Waals surface area contributed by atoms with Crippen LogP contribution in [0.15, 0.2) is 41.5 Å². The molecule has 0 aliphatic rings. The van der Waals surface area contributed by atoms with E-state index in [1.807, 2.05) is 0 Å². The zero-order valence-electron chi connectivity index (χ0n) is 12.5. The fourth-order valence-electron chi connectivity index (χ4n) is 1.85. The Morgan fingerprint density at radius 1 is 1.22 bits per heavy atom. The van der Waals surface area contributed by atoms with E-state index in [9.17, 15) is 9.90 Å². The fraction of sp³-hybridized carbons (Fsp3) is 0.125. The van der Waals surface area contributed by atoms with E-state index in [1.54, 1.807) is 44.7 Å². The summed E-state index contributed by atoms with van der Waals surface area (Å²) in [6, 6.07) is 9.71. The van der Waals surface area contributed by atoms with Crippen LogP contribution in [-0.2, 0) is 0 Å². The summed E-state index contributed by atoms with van der Waals surface area (Å²) < 4.78 is 10.4. The van der Waals surface area contributed by atoms with E-state index < -0.39 is 5.97 Å². The van der Waals surface area contributed by atoms with E-state index in [1.165, 1.54) is 12.1 Å². The number of halogens is 1. The number of hydrazone groups is 1. The molecule has 6 nitrogen and oxygen atoms in total. The van der Waals surface area contributed by atoms with Crippen molar-refractivity contribution in [1.29, 1.82) is 0 Å². The molecule has 0 saturated carbocycles. The van der Waals surface area contributed by atoms with E-state index >= 15 is 0 Å². The second kappa shape index (κ2) is 7.51. The number of anilines is 1. The smallest absolute Gasteiger partial charge is 0.131 e. The van der Waals surface area contributed by atoms with Gasteiger partial charge in [-0.3, -0.25) is 5.43 Å². The maximum atomic E-state index is 10.9. The number of benzene rings is 2. The minimum absolute atomic E-state index is 0.103. The molecule has 0 aliphatic carbocycles. The largest absolute Gasteiger partial charge is 0.545 e. The number of carboxylic acids is 1. The van der Waals surface area contributed by atoms with Gasteiger partial charge in [-0.25, -0.2) is 0 Å². The summed E-state index contributed by atoms with van der Waals surface area (Å²) in [7, 11) is 3.12. The monoisotopic (exact) mass is 333 g/mol. The van der Waals surface area contributed by atoms with Gasteiger partial charge in [-0.1, -0.05) is 11.6 Å². The predicted octanol–water partition coefficient (Wildman–Crippen LogP) is 2.17. The van der Waals surface area contributed by atoms with Crippen molar-refractivity contribution in [2.75, 3.05) is 19.6 Å². The summed E-state index contributed by atoms with van der Waals surface area (Å²) in [5.41, 5.74) is 3.83. The maximum Gasteiger partial charge on any atom is 0.131 e. The average molecular weight is 334 g/mol. The highest BCUT2D eigenvalue weighted by molar-refractivity contribution is 6.33. The summed E-state index contributed by atoms with van der Waals surface area (Å²) in [4.78, 5) is 10.9. The zero-order chi connectivity index (χ0) is 16.8. The van der Waals surface area contributed by atoms with E-state index in [2.05, 4.69) is 10.5 Å². The Hall–Kier alpha value is -2.73. The van der Waals surface area contributed by atoms with E-state index in [4.69, 9.17) is 21.1 Å². The quantitative estimate of drug-likeness (QED) is 0.647. The number of rotatable bonds is 6. The highest BCUT2D eigenvalue weighted by Crippen LogP contribution is 2.23. The number of aromatic carboxylic acids is 1. The van der Waals surface area contributed by atoms with E-state index in [-0.39, 0.29) is 10.6 Å². The molecule has 0 spiro atoms. The standard InChI is InChI=1S/C16H15ClN2O4/c1-22-12-5-3-10(15(8-12)23-2)9-18-19-11-4-6-14(17)13(7-11)16(20)21/h3-9,19H,1-2H3,(H,20,21)/p-1/b18-9-. The van der Waals surface area contributed by atoms with Gasteiger partial charge in [-0.2, -0.15) is 5.10 Å². The van der Waals surface area contributed by atoms with Crippen molar-refractivity contribution in [3.05, 3.63) is 52.5 Å². The van der Waals surface area contributed by atoms with Crippen LogP contribution in [0.2, 0.25) is 5.02 Å². The van der Waals surface area contributed by atoms with Crippen LogP contribution in [0, 0.1) is 0 Å². The average Bonchev–Trinajstić information content (AvgIpc) is 2.56. The summed E-state index contributed by atoms with van der Waals surface area (Å²) in [6.45, 7) is 0. The van der Waals surface area contributed by atoms with Gasteiger partial charge >= 0.3 is 0 Å². The third kappa shape index (κ3) is 4.14. The number of carboxylic acid groups (broad SMARTS) is 1. The maximum absolute atomic E-state index is 10.9. The Morgan fingerprint density at radius 3 is 2.65 bits per heavy atom. The molecule has 0 saturated heterocycles. The second-order valence-corrected chi connectivity index (χ2v) is 4.87. The van der Waals surface area contributed by atoms with Gasteiger partial charge in [0.25, 0.3) is 0 Å². The van der Waals surface area contributed by atoms with Crippen molar-refractivity contribution in [3.8, 4) is 11.5 Å². The van der Waals surface area contributed by atoms with Crippen LogP contribution in [0.3, 0.4) is 0 Å². The lowest BCUT2D eigenvalue weighted by Gasteiger charge is -2.08. The van der Waals surface area contributed by atoms with Crippen molar-refractivity contribution < 1.29 is 19.4 Å². The van der Waals surface area contributed by atoms with Crippen molar-refractivity contribution in [2.45, 2.75) is 0 Å². The summed E-state index contributed by atoms with van der Waals surface area (Å²) in [5.74, 6) is -0.0795. The number of nitrogens with zero attached hydrogens (tertiary/aromatic N) is 1. The van der Waals surface area contributed by atoms with Crippen molar-refractivity contribution in [3.63, 3.8) is 0 Å². The number of nitrogens with one attached hydrogen (secondary N) is 1. The fourth-order valence-corrected chi connectivity index (χ4v) is 2.05. The van der Waals surface area contributed by atoms with Crippen LogP contribution in [0.1, 0.15) is 15.9 Å². The molecule has 0 unspecified atom stereocenters. The molecule has 0 fully saturated rings. The first-order valence-corrected chi connectivity index (χ1v) is 6.95. The van der Waals surface area contributed by atoms with Crippen LogP contribution in [0.4, 0.5) is 5.69 Å². The molecule has 120 valence electrons. The van der Waals surface area contributed by atoms with E-state index in [0.29, 0.717) is 17.2 Å². The lowest BCUT2D eigenvalue weighted by molar-refractivity contribution is -0.255. The molecule has 0 bridgehead atoms. The molecule has 1 N–H and O–H groups in total. The molecule has 0 atom stereocenters. The first-order valence-electron chi connectivity index (χ1n) is 6.57. The number of carbonyl (C=O) groups is 1. The number of ether oxygens (including phenoxy) is 2. The molecule has 0 aliphatic heterocycles. The summed E-state index contributed by atoms with van der Waals surface area (Å²) in [5, 5.41) is 15.1. The van der Waals surface area contributed by atoms with Crippen molar-refractivity contribution >= 4 is 29.5 Å². The Morgan fingerprint density at radius 2 is 2.00 bits per heavy atom. The van der Waals surface area contributed by atoms with Crippen LogP contribution in [0.25, 0.3) is 0 Å². The normalized spacial score (nSPS) is 10.6. The summed E-state index contributed by atoms with van der Waals surface area (Å²) in [6.07, 6.45) is 1.55. The molecule has 2 rings (SSSR count). The first kappa shape index (κ1) is 16.6. The van der Waals surface area contributed by atoms with Crippen LogP contribution in [0.5, 0.6) is 11.5 Å². The van der Waals surface area contributed by atoms with Crippen LogP contribution >= 0.6 is 11.6 Å². The molecule has 7 heteroatoms. The van der Waals surface area contributed by atoms with Crippen LogP contribution in [-0.4, -0.2) is 26.4 Å². The van der Waals surface area contributed by atoms with Gasteiger partial charge < -0.3 is 19.4 Å². The zero-order valence-corrected chi connectivity index (χ0v) is 13.3. The Bertz CT molecular complexity index is 747. The second-order valence-electron chi connectivity index (χ2n) is 4.46. The lowest BCUT2D eigenvalue weighted by Crippen LogP contribution is -2.22. The Balaban J connectivity index is 2.16. The molecule has 0 aromatic heterocycles. The van der Waals surface area contributed by atoms with Gasteiger partial charge in [0.15, 0.2) is 0 Å². The minimum Gasteiger partial charge on any atom is -0.545 e. The predicted molar refractivity (Wildman–Crippen MR) is 86.5 cm³/mol. The van der Waals surface area contributed by atoms with Gasteiger partial charge in [0.05, 0.1) is 32.1 Å². The third-order valence-corrected chi connectivity index (χ3v) is 3.35. The number of carbonyl (C=O) groups excluding carboxylic acids is 1. The minimum atomic E-state index is -1.35. The topological polar surface area (TPSA) is 83.0 Å². The molecule has 0 radical (unpaired) electrons. The van der Waals surface area contributed by atoms with Gasteiger partial charge in [0.2, 0.25) is 0 Å². The first-order chi connectivity index (χ1) is 11.0. The molecule has 2 aromatic rings. The van der Waals surface area contributed by atoms with Crippen LogP contribution < -0.4 is 20.0 Å². The molecule has 0 heterocycles. The lowest BCUT2D eigenvalue weighted by atomic mass is 10.2. The number of hydrogen-bond acceptors (Lipinski definition) is 6.